The molecule has 0 amide bonds. The Morgan fingerprint density at radius 3 is 2.29 bits per heavy atom. The molecule has 0 atom stereocenters. The van der Waals surface area contributed by atoms with E-state index in [1.807, 2.05) is 0 Å². The SMILES string of the molecule is CC(C)[Si](C)(C)c1c(O)cccc1F. The van der Waals surface area contributed by atoms with Crippen LogP contribution in [0, 0.1) is 5.82 Å². The lowest BCUT2D eigenvalue weighted by atomic mass is 10.3. The monoisotopic (exact) mass is 212 g/mol. The molecule has 1 rings (SSSR count). The average Bonchev–Trinajstić information content (AvgIpc) is 2.02. The van der Waals surface area contributed by atoms with Gasteiger partial charge in [-0.2, -0.15) is 0 Å². The molecular weight excluding hydrogens is 195 g/mol. The van der Waals surface area contributed by atoms with Crippen LogP contribution in [0.4, 0.5) is 4.39 Å². The summed E-state index contributed by atoms with van der Waals surface area (Å²) >= 11 is 0. The molecule has 1 aromatic carbocycles. The van der Waals surface area contributed by atoms with Crippen molar-refractivity contribution in [3.8, 4) is 5.75 Å². The molecule has 0 saturated heterocycles. The lowest BCUT2D eigenvalue weighted by Crippen LogP contribution is -2.46. The lowest BCUT2D eigenvalue weighted by Gasteiger charge is -2.28. The molecule has 0 radical (unpaired) electrons. The van der Waals surface area contributed by atoms with Crippen LogP contribution in [-0.2, 0) is 0 Å². The molecule has 1 aromatic rings. The lowest BCUT2D eigenvalue weighted by molar-refractivity contribution is 0.474. The van der Waals surface area contributed by atoms with Gasteiger partial charge in [-0.25, -0.2) is 4.39 Å². The maximum atomic E-state index is 13.6. The van der Waals surface area contributed by atoms with Crippen LogP contribution in [0.1, 0.15) is 13.8 Å². The summed E-state index contributed by atoms with van der Waals surface area (Å²) in [6.45, 7) is 8.32. The summed E-state index contributed by atoms with van der Waals surface area (Å²) in [6, 6.07) is 4.53. The van der Waals surface area contributed by atoms with E-state index in [0.29, 0.717) is 10.7 Å². The molecule has 0 spiro atoms. The van der Waals surface area contributed by atoms with Gasteiger partial charge in [-0.15, -0.1) is 0 Å². The Balaban J connectivity index is 3.31. The second-order valence-corrected chi connectivity index (χ2v) is 9.61. The molecule has 1 N–H and O–H groups in total. The summed E-state index contributed by atoms with van der Waals surface area (Å²) in [5, 5.41) is 10.2. The van der Waals surface area contributed by atoms with Gasteiger partial charge in [0.25, 0.3) is 0 Å². The van der Waals surface area contributed by atoms with E-state index in [0.717, 1.165) is 0 Å². The third-order valence-corrected chi connectivity index (χ3v) is 7.75. The molecular formula is C11H17FOSi. The highest BCUT2D eigenvalue weighted by atomic mass is 28.3. The van der Waals surface area contributed by atoms with Gasteiger partial charge in [0.15, 0.2) is 0 Å². The smallest absolute Gasteiger partial charge is 0.126 e. The van der Waals surface area contributed by atoms with Crippen LogP contribution < -0.4 is 5.19 Å². The van der Waals surface area contributed by atoms with Gasteiger partial charge in [0, 0.05) is 5.19 Å². The van der Waals surface area contributed by atoms with Crippen molar-refractivity contribution in [2.45, 2.75) is 32.5 Å². The minimum Gasteiger partial charge on any atom is -0.508 e. The number of hydrogen-bond acceptors (Lipinski definition) is 1. The maximum Gasteiger partial charge on any atom is 0.126 e. The summed E-state index contributed by atoms with van der Waals surface area (Å²) < 4.78 is 13.6. The quantitative estimate of drug-likeness (QED) is 0.747. The molecule has 1 nitrogen and oxygen atoms in total. The van der Waals surface area contributed by atoms with Gasteiger partial charge in [-0.05, 0) is 17.7 Å². The van der Waals surface area contributed by atoms with Crippen molar-refractivity contribution in [2.24, 2.45) is 0 Å². The predicted molar refractivity (Wildman–Crippen MR) is 60.3 cm³/mol. The highest BCUT2D eigenvalue weighted by Crippen LogP contribution is 2.25. The van der Waals surface area contributed by atoms with Crippen LogP contribution in [0.15, 0.2) is 18.2 Å². The highest BCUT2D eigenvalue weighted by Gasteiger charge is 2.32. The molecule has 0 aliphatic heterocycles. The van der Waals surface area contributed by atoms with Crippen molar-refractivity contribution >= 4 is 13.3 Å². The molecule has 14 heavy (non-hydrogen) atoms. The van der Waals surface area contributed by atoms with E-state index < -0.39 is 8.07 Å². The number of phenols is 1. The van der Waals surface area contributed by atoms with Gasteiger partial charge in [-0.3, -0.25) is 0 Å². The number of rotatable bonds is 2. The topological polar surface area (TPSA) is 20.2 Å². The summed E-state index contributed by atoms with van der Waals surface area (Å²) in [5.41, 5.74) is 0.408. The van der Waals surface area contributed by atoms with E-state index in [4.69, 9.17) is 0 Å². The Labute approximate surface area is 85.6 Å². The third-order valence-electron chi connectivity index (χ3n) is 3.08. The summed E-state index contributed by atoms with van der Waals surface area (Å²) in [5.74, 6) is -0.161. The zero-order valence-electron chi connectivity index (χ0n) is 9.13. The number of benzene rings is 1. The van der Waals surface area contributed by atoms with Gasteiger partial charge in [-0.1, -0.05) is 33.0 Å². The van der Waals surface area contributed by atoms with Crippen molar-refractivity contribution in [1.82, 2.24) is 0 Å². The Kier molecular flexibility index (Phi) is 3.00. The van der Waals surface area contributed by atoms with Gasteiger partial charge >= 0.3 is 0 Å². The van der Waals surface area contributed by atoms with Crippen molar-refractivity contribution < 1.29 is 9.50 Å². The first-order valence-corrected chi connectivity index (χ1v) is 7.93. The fourth-order valence-electron chi connectivity index (χ4n) is 1.44. The Morgan fingerprint density at radius 1 is 1.29 bits per heavy atom. The predicted octanol–water partition coefficient (Wildman–Crippen LogP) is 2.86. The fraction of sp³-hybridized carbons (Fsp3) is 0.455. The molecule has 0 fully saturated rings. The Hall–Kier alpha value is -0.833. The van der Waals surface area contributed by atoms with Crippen molar-refractivity contribution in [1.29, 1.82) is 0 Å². The molecule has 0 aliphatic rings. The average molecular weight is 212 g/mol. The molecule has 0 aliphatic carbocycles. The van der Waals surface area contributed by atoms with E-state index in [9.17, 15) is 9.50 Å². The summed E-state index contributed by atoms with van der Waals surface area (Å²) in [6.07, 6.45) is 0. The summed E-state index contributed by atoms with van der Waals surface area (Å²) in [7, 11) is -1.87. The molecule has 3 heteroatoms. The molecule has 0 aromatic heterocycles. The van der Waals surface area contributed by atoms with Gasteiger partial charge < -0.3 is 5.11 Å². The Morgan fingerprint density at radius 2 is 1.86 bits per heavy atom. The van der Waals surface area contributed by atoms with Crippen LogP contribution in [0.5, 0.6) is 5.75 Å². The van der Waals surface area contributed by atoms with Gasteiger partial charge in [0.1, 0.15) is 11.6 Å². The van der Waals surface area contributed by atoms with Crippen LogP contribution in [0.3, 0.4) is 0 Å². The van der Waals surface area contributed by atoms with E-state index in [-0.39, 0.29) is 11.6 Å². The van der Waals surface area contributed by atoms with Crippen LogP contribution in [-0.4, -0.2) is 13.2 Å². The first kappa shape index (κ1) is 11.2. The van der Waals surface area contributed by atoms with Crippen LogP contribution in [0.2, 0.25) is 18.6 Å². The zero-order chi connectivity index (χ0) is 10.9. The summed E-state index contributed by atoms with van der Waals surface area (Å²) in [4.78, 5) is 0. The molecule has 0 bridgehead atoms. The van der Waals surface area contributed by atoms with E-state index in [1.54, 1.807) is 12.1 Å². The zero-order valence-corrected chi connectivity index (χ0v) is 10.1. The second kappa shape index (κ2) is 3.73. The second-order valence-electron chi connectivity index (χ2n) is 4.51. The minimum atomic E-state index is -1.87. The van der Waals surface area contributed by atoms with Crippen LogP contribution in [0.25, 0.3) is 0 Å². The fourth-order valence-corrected chi connectivity index (χ4v) is 3.46. The first-order valence-electron chi connectivity index (χ1n) is 4.85. The largest absolute Gasteiger partial charge is 0.508 e. The van der Waals surface area contributed by atoms with Crippen molar-refractivity contribution in [3.63, 3.8) is 0 Å². The van der Waals surface area contributed by atoms with Crippen molar-refractivity contribution in [3.05, 3.63) is 24.0 Å². The van der Waals surface area contributed by atoms with Gasteiger partial charge in [0.2, 0.25) is 0 Å². The number of halogens is 1. The maximum absolute atomic E-state index is 13.6. The number of phenolic OH excluding ortho intramolecular Hbond substituents is 1. The van der Waals surface area contributed by atoms with Crippen LogP contribution >= 0.6 is 0 Å². The Bertz CT molecular complexity index is 314. The van der Waals surface area contributed by atoms with E-state index >= 15 is 0 Å². The molecule has 0 heterocycles. The van der Waals surface area contributed by atoms with Crippen molar-refractivity contribution in [2.75, 3.05) is 0 Å². The van der Waals surface area contributed by atoms with E-state index in [2.05, 4.69) is 26.9 Å². The number of hydrogen-bond donors (Lipinski definition) is 1. The van der Waals surface area contributed by atoms with Gasteiger partial charge in [0.05, 0.1) is 8.07 Å². The highest BCUT2D eigenvalue weighted by molar-refractivity contribution is 6.91. The standard InChI is InChI=1S/C11H17FOSi/c1-8(2)14(3,4)11-9(12)6-5-7-10(11)13/h5-8,13H,1-4H3. The minimum absolute atomic E-state index is 0.107. The third kappa shape index (κ3) is 1.82. The normalized spacial score (nSPS) is 12.1. The molecule has 0 saturated carbocycles. The number of aromatic hydroxyl groups is 1. The molecule has 0 unspecified atom stereocenters. The van der Waals surface area contributed by atoms with E-state index in [1.165, 1.54) is 6.07 Å². The first-order chi connectivity index (χ1) is 6.37. The molecule has 78 valence electrons.